The first kappa shape index (κ1) is 18.5. The summed E-state index contributed by atoms with van der Waals surface area (Å²) in [6.45, 7) is 3.77. The van der Waals surface area contributed by atoms with Crippen LogP contribution in [0.3, 0.4) is 0 Å². The molecule has 1 amide bonds. The molecule has 0 aliphatic carbocycles. The van der Waals surface area contributed by atoms with Crippen molar-refractivity contribution >= 4 is 18.0 Å². The van der Waals surface area contributed by atoms with Gasteiger partial charge in [0.1, 0.15) is 11.8 Å². The van der Waals surface area contributed by atoms with Crippen molar-refractivity contribution in [1.82, 2.24) is 5.32 Å². The minimum atomic E-state index is -0.976. The van der Waals surface area contributed by atoms with E-state index in [1.165, 1.54) is 0 Å². The Morgan fingerprint density at radius 3 is 2.30 bits per heavy atom. The topological polar surface area (TPSA) is 90.9 Å². The van der Waals surface area contributed by atoms with E-state index in [-0.39, 0.29) is 26.1 Å². The van der Waals surface area contributed by atoms with Crippen molar-refractivity contribution in [3.05, 3.63) is 30.3 Å². The summed E-state index contributed by atoms with van der Waals surface area (Å²) in [7, 11) is 0. The van der Waals surface area contributed by atoms with Gasteiger partial charge < -0.3 is 19.5 Å². The third-order valence-electron chi connectivity index (χ3n) is 2.76. The average Bonchev–Trinajstić information content (AvgIpc) is 2.52. The van der Waals surface area contributed by atoms with Crippen LogP contribution in [0.4, 0.5) is 4.79 Å². The number of hydrogen-bond acceptors (Lipinski definition) is 6. The third kappa shape index (κ3) is 7.30. The van der Waals surface area contributed by atoms with Crippen molar-refractivity contribution < 1.29 is 28.6 Å². The number of carbonyl (C=O) groups is 3. The van der Waals surface area contributed by atoms with Crippen LogP contribution in [-0.2, 0) is 19.1 Å². The van der Waals surface area contributed by atoms with Crippen molar-refractivity contribution in [2.24, 2.45) is 0 Å². The molecule has 0 fully saturated rings. The standard InChI is InChI=1S/C16H21NO6/c1-3-21-14(18)11-10-13(15(19)22-4-2)17-16(20)23-12-8-6-5-7-9-12/h5-9,13H,3-4,10-11H2,1-2H3,(H,17,20). The lowest BCUT2D eigenvalue weighted by Crippen LogP contribution is -2.43. The van der Waals surface area contributed by atoms with Crippen LogP contribution in [0.5, 0.6) is 5.75 Å². The molecule has 0 radical (unpaired) electrons. The molecule has 0 aliphatic rings. The number of rotatable bonds is 8. The summed E-state index contributed by atoms with van der Waals surface area (Å²) in [6, 6.07) is 7.45. The number of benzene rings is 1. The van der Waals surface area contributed by atoms with Gasteiger partial charge in [-0.2, -0.15) is 0 Å². The predicted octanol–water partition coefficient (Wildman–Crippen LogP) is 2.05. The van der Waals surface area contributed by atoms with Gasteiger partial charge in [-0.15, -0.1) is 0 Å². The first-order valence-corrected chi connectivity index (χ1v) is 7.42. The molecule has 126 valence electrons. The van der Waals surface area contributed by atoms with Gasteiger partial charge in [-0.25, -0.2) is 9.59 Å². The van der Waals surface area contributed by atoms with Gasteiger partial charge in [-0.05, 0) is 32.4 Å². The first-order chi connectivity index (χ1) is 11.1. The molecule has 0 aromatic heterocycles. The maximum Gasteiger partial charge on any atom is 0.413 e. The monoisotopic (exact) mass is 323 g/mol. The molecular weight excluding hydrogens is 302 g/mol. The molecule has 1 unspecified atom stereocenters. The van der Waals surface area contributed by atoms with Crippen LogP contribution in [0.1, 0.15) is 26.7 Å². The molecule has 0 bridgehead atoms. The van der Waals surface area contributed by atoms with E-state index in [0.29, 0.717) is 5.75 Å². The van der Waals surface area contributed by atoms with E-state index in [4.69, 9.17) is 14.2 Å². The highest BCUT2D eigenvalue weighted by Gasteiger charge is 2.24. The number of carbonyl (C=O) groups excluding carboxylic acids is 3. The fraction of sp³-hybridized carbons (Fsp3) is 0.438. The van der Waals surface area contributed by atoms with Crippen LogP contribution in [-0.4, -0.2) is 37.3 Å². The average molecular weight is 323 g/mol. The van der Waals surface area contributed by atoms with E-state index in [1.54, 1.807) is 44.2 Å². The molecule has 1 N–H and O–H groups in total. The van der Waals surface area contributed by atoms with E-state index in [1.807, 2.05) is 0 Å². The Balaban J connectivity index is 2.59. The molecule has 7 heteroatoms. The molecule has 0 saturated heterocycles. The lowest BCUT2D eigenvalue weighted by atomic mass is 10.1. The van der Waals surface area contributed by atoms with Crippen molar-refractivity contribution in [3.63, 3.8) is 0 Å². The van der Waals surface area contributed by atoms with Gasteiger partial charge in [0.2, 0.25) is 0 Å². The summed E-state index contributed by atoms with van der Waals surface area (Å²) in [4.78, 5) is 35.1. The third-order valence-corrected chi connectivity index (χ3v) is 2.76. The smallest absolute Gasteiger partial charge is 0.413 e. The maximum absolute atomic E-state index is 11.9. The summed E-state index contributed by atoms with van der Waals surface area (Å²) in [5.74, 6) is -0.722. The van der Waals surface area contributed by atoms with Crippen LogP contribution in [0.15, 0.2) is 30.3 Å². The zero-order valence-electron chi connectivity index (χ0n) is 13.2. The Morgan fingerprint density at radius 1 is 1.04 bits per heavy atom. The highest BCUT2D eigenvalue weighted by molar-refractivity contribution is 5.82. The molecule has 0 aliphatic heterocycles. The van der Waals surface area contributed by atoms with E-state index < -0.39 is 24.1 Å². The number of para-hydroxylation sites is 1. The number of hydrogen-bond donors (Lipinski definition) is 1. The highest BCUT2D eigenvalue weighted by Crippen LogP contribution is 2.09. The Bertz CT molecular complexity index is 517. The number of ether oxygens (including phenoxy) is 3. The summed E-state index contributed by atoms with van der Waals surface area (Å²) >= 11 is 0. The van der Waals surface area contributed by atoms with E-state index in [9.17, 15) is 14.4 Å². The lowest BCUT2D eigenvalue weighted by molar-refractivity contribution is -0.146. The first-order valence-electron chi connectivity index (χ1n) is 7.42. The van der Waals surface area contributed by atoms with Crippen LogP contribution in [0.25, 0.3) is 0 Å². The van der Waals surface area contributed by atoms with Crippen LogP contribution >= 0.6 is 0 Å². The molecule has 1 aromatic carbocycles. The van der Waals surface area contributed by atoms with E-state index in [0.717, 1.165) is 0 Å². The van der Waals surface area contributed by atoms with Gasteiger partial charge in [0.15, 0.2) is 0 Å². The van der Waals surface area contributed by atoms with Gasteiger partial charge in [-0.1, -0.05) is 18.2 Å². The molecular formula is C16H21NO6. The fourth-order valence-corrected chi connectivity index (χ4v) is 1.75. The molecule has 0 heterocycles. The Hall–Kier alpha value is -2.57. The Morgan fingerprint density at radius 2 is 1.70 bits per heavy atom. The Labute approximate surface area is 134 Å². The fourth-order valence-electron chi connectivity index (χ4n) is 1.75. The van der Waals surface area contributed by atoms with Crippen molar-refractivity contribution in [3.8, 4) is 5.75 Å². The second-order valence-corrected chi connectivity index (χ2v) is 4.50. The second kappa shape index (κ2) is 10.2. The number of amides is 1. The molecule has 0 spiro atoms. The highest BCUT2D eigenvalue weighted by atomic mass is 16.6. The molecule has 1 aromatic rings. The normalized spacial score (nSPS) is 11.2. The molecule has 23 heavy (non-hydrogen) atoms. The Kier molecular flexibility index (Phi) is 8.20. The largest absolute Gasteiger partial charge is 0.466 e. The summed E-state index contributed by atoms with van der Waals surface area (Å²) in [5, 5.41) is 2.40. The molecule has 1 rings (SSSR count). The van der Waals surface area contributed by atoms with Gasteiger partial charge >= 0.3 is 18.0 Å². The quantitative estimate of drug-likeness (QED) is 0.736. The van der Waals surface area contributed by atoms with Crippen molar-refractivity contribution in [2.75, 3.05) is 13.2 Å². The van der Waals surface area contributed by atoms with Gasteiger partial charge in [0.05, 0.1) is 13.2 Å². The zero-order valence-corrected chi connectivity index (χ0v) is 13.2. The van der Waals surface area contributed by atoms with Gasteiger partial charge in [0.25, 0.3) is 0 Å². The summed E-state index contributed by atoms with van der Waals surface area (Å²) in [6.07, 6.45) is -0.733. The van der Waals surface area contributed by atoms with Crippen molar-refractivity contribution in [1.29, 1.82) is 0 Å². The van der Waals surface area contributed by atoms with E-state index >= 15 is 0 Å². The van der Waals surface area contributed by atoms with Crippen molar-refractivity contribution in [2.45, 2.75) is 32.7 Å². The van der Waals surface area contributed by atoms with E-state index in [2.05, 4.69) is 5.32 Å². The summed E-state index contributed by atoms with van der Waals surface area (Å²) < 4.78 is 14.7. The van der Waals surface area contributed by atoms with Gasteiger partial charge in [0, 0.05) is 6.42 Å². The molecule has 0 saturated carbocycles. The molecule has 7 nitrogen and oxygen atoms in total. The summed E-state index contributed by atoms with van der Waals surface area (Å²) in [5.41, 5.74) is 0. The molecule has 1 atom stereocenters. The minimum absolute atomic E-state index is 0.0110. The van der Waals surface area contributed by atoms with Crippen LogP contribution in [0.2, 0.25) is 0 Å². The van der Waals surface area contributed by atoms with Crippen LogP contribution in [0, 0.1) is 0 Å². The zero-order chi connectivity index (χ0) is 17.1. The van der Waals surface area contributed by atoms with Crippen LogP contribution < -0.4 is 10.1 Å². The second-order valence-electron chi connectivity index (χ2n) is 4.50. The SMILES string of the molecule is CCOC(=O)CCC(NC(=O)Oc1ccccc1)C(=O)OCC. The number of nitrogens with one attached hydrogen (secondary N) is 1. The lowest BCUT2D eigenvalue weighted by Gasteiger charge is -2.16. The maximum atomic E-state index is 11.9. The number of esters is 2. The minimum Gasteiger partial charge on any atom is -0.466 e. The predicted molar refractivity (Wildman–Crippen MR) is 81.9 cm³/mol. The van der Waals surface area contributed by atoms with Gasteiger partial charge in [-0.3, -0.25) is 4.79 Å².